The van der Waals surface area contributed by atoms with Gasteiger partial charge in [0.25, 0.3) is 5.91 Å². The number of hydrogen-bond donors (Lipinski definition) is 2. The molecule has 3 heterocycles. The number of H-pyrrole nitrogens is 1. The highest BCUT2D eigenvalue weighted by Crippen LogP contribution is 2.38. The maximum absolute atomic E-state index is 14.8. The topological polar surface area (TPSA) is 103 Å². The third-order valence-electron chi connectivity index (χ3n) is 5.74. The number of nitriles is 1. The largest absolute Gasteiger partial charge is 0.408 e. The first-order chi connectivity index (χ1) is 16.0. The maximum Gasteiger partial charge on any atom is 0.408 e. The van der Waals surface area contributed by atoms with Crippen LogP contribution >= 0.6 is 0 Å². The highest BCUT2D eigenvalue weighted by Gasteiger charge is 2.46. The minimum absolute atomic E-state index is 0. The fourth-order valence-electron chi connectivity index (χ4n) is 3.77. The summed E-state index contributed by atoms with van der Waals surface area (Å²) in [6.07, 6.45) is 1.94. The van der Waals surface area contributed by atoms with E-state index in [1.54, 1.807) is 34.8 Å². The van der Waals surface area contributed by atoms with E-state index < -0.39 is 40.9 Å². The Morgan fingerprint density at radius 2 is 1.97 bits per heavy atom. The van der Waals surface area contributed by atoms with E-state index >= 15 is 0 Å². The van der Waals surface area contributed by atoms with Crippen molar-refractivity contribution in [1.29, 1.82) is 5.26 Å². The lowest BCUT2D eigenvalue weighted by Crippen LogP contribution is -2.63. The minimum Gasteiger partial charge on any atom is -0.364 e. The molecule has 0 bridgehead atoms. The van der Waals surface area contributed by atoms with E-state index in [9.17, 15) is 32.0 Å². The van der Waals surface area contributed by atoms with Gasteiger partial charge in [0.05, 0.1) is 36.1 Å². The molecule has 0 unspecified atom stereocenters. The van der Waals surface area contributed by atoms with Gasteiger partial charge in [-0.3, -0.25) is 14.6 Å². The average Bonchev–Trinajstić information content (AvgIpc) is 3.43. The Hall–Kier alpha value is -3.95. The van der Waals surface area contributed by atoms with Gasteiger partial charge in [0, 0.05) is 42.7 Å². The predicted molar refractivity (Wildman–Crippen MR) is 116 cm³/mol. The molecule has 13 heteroatoms. The van der Waals surface area contributed by atoms with E-state index in [4.69, 9.17) is 0 Å². The highest BCUT2D eigenvalue weighted by atomic mass is 19.4. The number of aromatic amines is 1. The molecule has 2 N–H and O–H groups in total. The summed E-state index contributed by atoms with van der Waals surface area (Å²) in [6, 6.07) is 1.19. The molecule has 1 amide bonds. The first-order valence-corrected chi connectivity index (χ1v) is 10.1. The normalized spacial score (nSPS) is 15.5. The van der Waals surface area contributed by atoms with Gasteiger partial charge in [0.2, 0.25) is 0 Å². The molecule has 1 fully saturated rings. The molecule has 1 aliphatic heterocycles. The monoisotopic (exact) mass is 495 g/mol. The van der Waals surface area contributed by atoms with Gasteiger partial charge in [-0.15, -0.1) is 0 Å². The van der Waals surface area contributed by atoms with Crippen molar-refractivity contribution in [2.45, 2.75) is 38.5 Å². The second-order valence-electron chi connectivity index (χ2n) is 8.10. The highest BCUT2D eigenvalue weighted by molar-refractivity contribution is 5.95. The lowest BCUT2D eigenvalue weighted by atomic mass is 9.86. The number of aromatic nitrogens is 4. The van der Waals surface area contributed by atoms with Crippen LogP contribution in [0.15, 0.2) is 36.9 Å². The fraction of sp³-hybridized carbons (Fsp3) is 0.364. The summed E-state index contributed by atoms with van der Waals surface area (Å²) < 4.78 is 68.9. The SMILES string of the molecule is C.C[C@H](NC(=O)c1cc(F)c(N2CC(CC#N)(n3cc(-c4cn[nH]c4)cn3)C2)cc1F)C(F)(F)F. The molecule has 0 saturated carbocycles. The minimum atomic E-state index is -4.73. The summed E-state index contributed by atoms with van der Waals surface area (Å²) >= 11 is 0. The summed E-state index contributed by atoms with van der Waals surface area (Å²) in [5, 5.41) is 21.8. The van der Waals surface area contributed by atoms with Crippen molar-refractivity contribution in [1.82, 2.24) is 25.3 Å². The van der Waals surface area contributed by atoms with E-state index in [1.165, 1.54) is 4.90 Å². The first-order valence-electron chi connectivity index (χ1n) is 10.1. The van der Waals surface area contributed by atoms with Crippen LogP contribution in [0.1, 0.15) is 31.1 Å². The van der Waals surface area contributed by atoms with Crippen LogP contribution in [0.3, 0.4) is 0 Å². The molecule has 186 valence electrons. The Balaban J connectivity index is 0.00000342. The van der Waals surface area contributed by atoms with Crippen LogP contribution in [-0.2, 0) is 5.54 Å². The molecule has 3 aromatic rings. The number of halogens is 5. The second-order valence-corrected chi connectivity index (χ2v) is 8.10. The number of amides is 1. The number of nitrogens with zero attached hydrogens (tertiary/aromatic N) is 5. The van der Waals surface area contributed by atoms with Crippen LogP contribution in [0.25, 0.3) is 11.1 Å². The summed E-state index contributed by atoms with van der Waals surface area (Å²) in [7, 11) is 0. The molecule has 1 atom stereocenters. The van der Waals surface area contributed by atoms with E-state index in [1.807, 2.05) is 0 Å². The molecular formula is C22H22F5N7O. The number of alkyl halides is 3. The predicted octanol–water partition coefficient (Wildman–Crippen LogP) is 4.00. The smallest absolute Gasteiger partial charge is 0.364 e. The van der Waals surface area contributed by atoms with Crippen LogP contribution in [0, 0.1) is 23.0 Å². The van der Waals surface area contributed by atoms with Gasteiger partial charge in [-0.25, -0.2) is 8.78 Å². The molecule has 0 radical (unpaired) electrons. The molecular weight excluding hydrogens is 473 g/mol. The van der Waals surface area contributed by atoms with E-state index in [2.05, 4.69) is 21.4 Å². The van der Waals surface area contributed by atoms with Crippen LogP contribution < -0.4 is 10.2 Å². The van der Waals surface area contributed by atoms with Gasteiger partial charge >= 0.3 is 6.18 Å². The number of hydrogen-bond acceptors (Lipinski definition) is 5. The van der Waals surface area contributed by atoms with Gasteiger partial charge in [-0.2, -0.15) is 28.6 Å². The lowest BCUT2D eigenvalue weighted by molar-refractivity contribution is -0.149. The number of benzene rings is 1. The Morgan fingerprint density at radius 3 is 2.57 bits per heavy atom. The number of carbonyl (C=O) groups excluding carboxylic acids is 1. The molecule has 35 heavy (non-hydrogen) atoms. The number of nitrogens with one attached hydrogen (secondary N) is 2. The molecule has 4 rings (SSSR count). The van der Waals surface area contributed by atoms with E-state index in [-0.39, 0.29) is 32.6 Å². The summed E-state index contributed by atoms with van der Waals surface area (Å²) in [5.74, 6) is -3.52. The molecule has 1 saturated heterocycles. The van der Waals surface area contributed by atoms with Gasteiger partial charge in [-0.1, -0.05) is 7.43 Å². The van der Waals surface area contributed by atoms with Crippen LogP contribution in [0.5, 0.6) is 0 Å². The van der Waals surface area contributed by atoms with Crippen molar-refractivity contribution in [3.05, 3.63) is 54.1 Å². The van der Waals surface area contributed by atoms with Crippen molar-refractivity contribution >= 4 is 11.6 Å². The molecule has 1 aromatic carbocycles. The third kappa shape index (κ3) is 4.82. The molecule has 0 aliphatic carbocycles. The zero-order valence-electron chi connectivity index (χ0n) is 17.7. The maximum atomic E-state index is 14.8. The van der Waals surface area contributed by atoms with Crippen molar-refractivity contribution < 1.29 is 26.7 Å². The Labute approximate surface area is 197 Å². The van der Waals surface area contributed by atoms with Crippen molar-refractivity contribution in [2.75, 3.05) is 18.0 Å². The number of carbonyl (C=O) groups is 1. The van der Waals surface area contributed by atoms with Gasteiger partial charge in [-0.05, 0) is 13.0 Å². The Morgan fingerprint density at radius 1 is 1.26 bits per heavy atom. The number of anilines is 1. The van der Waals surface area contributed by atoms with Crippen LogP contribution in [-0.4, -0.2) is 51.2 Å². The standard InChI is InChI=1S/C21H18F5N7O.CH4/c1-12(21(24,25)26)31-19(34)15-4-17(23)18(5-16(15)22)32-10-20(11-32,2-3-27)33-9-14(8-30-33)13-6-28-29-7-13;/h4-9,12H,2,10-11H2,1H3,(H,28,29)(H,31,34);1H4/t12-;/m0./s1. The summed E-state index contributed by atoms with van der Waals surface area (Å²) in [5.41, 5.74) is -0.258. The average molecular weight is 495 g/mol. The fourth-order valence-corrected chi connectivity index (χ4v) is 3.77. The number of rotatable bonds is 6. The van der Waals surface area contributed by atoms with Crippen molar-refractivity contribution in [3.8, 4) is 17.2 Å². The molecule has 8 nitrogen and oxygen atoms in total. The Bertz CT molecular complexity index is 1240. The van der Waals surface area contributed by atoms with Crippen LogP contribution in [0.2, 0.25) is 0 Å². The van der Waals surface area contributed by atoms with E-state index in [0.29, 0.717) is 13.0 Å². The first kappa shape index (κ1) is 25.7. The summed E-state index contributed by atoms with van der Waals surface area (Å²) in [4.78, 5) is 13.5. The molecule has 0 spiro atoms. The zero-order valence-corrected chi connectivity index (χ0v) is 17.7. The lowest BCUT2D eigenvalue weighted by Gasteiger charge is -2.50. The Kier molecular flexibility index (Phi) is 6.86. The van der Waals surface area contributed by atoms with Gasteiger partial charge < -0.3 is 10.2 Å². The van der Waals surface area contributed by atoms with Crippen LogP contribution in [0.4, 0.5) is 27.6 Å². The summed E-state index contributed by atoms with van der Waals surface area (Å²) in [6.45, 7) is 0.947. The zero-order chi connectivity index (χ0) is 24.7. The molecule has 2 aromatic heterocycles. The van der Waals surface area contributed by atoms with E-state index in [0.717, 1.165) is 17.2 Å². The van der Waals surface area contributed by atoms with Gasteiger partial charge in [0.15, 0.2) is 0 Å². The van der Waals surface area contributed by atoms with Crippen molar-refractivity contribution in [2.24, 2.45) is 0 Å². The molecule has 1 aliphatic rings. The van der Waals surface area contributed by atoms with Crippen molar-refractivity contribution in [3.63, 3.8) is 0 Å². The van der Waals surface area contributed by atoms with Gasteiger partial charge in [0.1, 0.15) is 23.2 Å². The third-order valence-corrected chi connectivity index (χ3v) is 5.74. The quantitative estimate of drug-likeness (QED) is 0.504. The second kappa shape index (κ2) is 9.36.